The summed E-state index contributed by atoms with van der Waals surface area (Å²) in [6, 6.07) is 4.45. The van der Waals surface area contributed by atoms with Crippen LogP contribution in [0.25, 0.3) is 0 Å². The van der Waals surface area contributed by atoms with Crippen LogP contribution < -0.4 is 5.32 Å². The van der Waals surface area contributed by atoms with Crippen molar-refractivity contribution in [1.29, 1.82) is 0 Å². The molecule has 0 saturated carbocycles. The topological polar surface area (TPSA) is 69.6 Å². The van der Waals surface area contributed by atoms with Gasteiger partial charge in [-0.2, -0.15) is 0 Å². The normalized spacial score (nSPS) is 15.9. The van der Waals surface area contributed by atoms with Crippen molar-refractivity contribution in [3.8, 4) is 0 Å². The van der Waals surface area contributed by atoms with Gasteiger partial charge in [0.05, 0.1) is 6.10 Å². The molecule has 0 spiro atoms. The second kappa shape index (κ2) is 7.36. The standard InChI is InChI=1S/C15H22FNO3/c1-4-12(17-13(9(2)3)15(19)20)14(18)10-5-7-11(16)8-6-10/h5-9,12-14,17-18H,4H2,1-3H3,(H,19,20). The summed E-state index contributed by atoms with van der Waals surface area (Å²) in [5.41, 5.74) is 0.568. The van der Waals surface area contributed by atoms with E-state index < -0.39 is 24.2 Å². The summed E-state index contributed by atoms with van der Waals surface area (Å²) in [4.78, 5) is 11.2. The van der Waals surface area contributed by atoms with Crippen LogP contribution in [0.3, 0.4) is 0 Å². The molecule has 0 aliphatic heterocycles. The maximum Gasteiger partial charge on any atom is 0.320 e. The van der Waals surface area contributed by atoms with E-state index in [2.05, 4.69) is 5.32 Å². The molecule has 5 heteroatoms. The van der Waals surface area contributed by atoms with E-state index in [4.69, 9.17) is 0 Å². The van der Waals surface area contributed by atoms with E-state index in [0.717, 1.165) is 0 Å². The molecule has 0 radical (unpaired) electrons. The first-order valence-electron chi connectivity index (χ1n) is 6.79. The highest BCUT2D eigenvalue weighted by Crippen LogP contribution is 2.20. The predicted octanol–water partition coefficient (Wildman–Crippen LogP) is 2.34. The van der Waals surface area contributed by atoms with Gasteiger partial charge in [0, 0.05) is 6.04 Å². The van der Waals surface area contributed by atoms with Gasteiger partial charge in [-0.3, -0.25) is 10.1 Å². The third-order valence-electron chi connectivity index (χ3n) is 3.36. The SMILES string of the molecule is CCC(NC(C(=O)O)C(C)C)C(O)c1ccc(F)cc1. The van der Waals surface area contributed by atoms with Crippen molar-refractivity contribution in [2.24, 2.45) is 5.92 Å². The molecule has 3 N–H and O–H groups in total. The first-order valence-corrected chi connectivity index (χ1v) is 6.79. The average Bonchev–Trinajstić information content (AvgIpc) is 2.39. The van der Waals surface area contributed by atoms with Gasteiger partial charge in [-0.1, -0.05) is 32.9 Å². The van der Waals surface area contributed by atoms with Crippen LogP contribution in [-0.4, -0.2) is 28.3 Å². The number of benzene rings is 1. The van der Waals surface area contributed by atoms with E-state index in [1.165, 1.54) is 24.3 Å². The molecule has 112 valence electrons. The van der Waals surface area contributed by atoms with Gasteiger partial charge in [-0.15, -0.1) is 0 Å². The molecule has 0 bridgehead atoms. The highest BCUT2D eigenvalue weighted by Gasteiger charge is 2.28. The Bertz CT molecular complexity index is 433. The Morgan fingerprint density at radius 1 is 1.30 bits per heavy atom. The van der Waals surface area contributed by atoms with E-state index in [0.29, 0.717) is 12.0 Å². The molecule has 1 aromatic carbocycles. The molecule has 0 amide bonds. The van der Waals surface area contributed by atoms with Gasteiger partial charge in [0.15, 0.2) is 0 Å². The summed E-state index contributed by atoms with van der Waals surface area (Å²) in [6.45, 7) is 5.48. The predicted molar refractivity (Wildman–Crippen MR) is 74.8 cm³/mol. The van der Waals surface area contributed by atoms with Crippen LogP contribution in [0.2, 0.25) is 0 Å². The van der Waals surface area contributed by atoms with Gasteiger partial charge in [-0.05, 0) is 30.0 Å². The molecule has 3 unspecified atom stereocenters. The number of hydrogen-bond acceptors (Lipinski definition) is 3. The second-order valence-corrected chi connectivity index (χ2v) is 5.24. The van der Waals surface area contributed by atoms with Crippen molar-refractivity contribution >= 4 is 5.97 Å². The van der Waals surface area contributed by atoms with Crippen LogP contribution in [0, 0.1) is 11.7 Å². The fourth-order valence-electron chi connectivity index (χ4n) is 2.10. The first-order chi connectivity index (χ1) is 9.36. The molecule has 3 atom stereocenters. The minimum absolute atomic E-state index is 0.0954. The fraction of sp³-hybridized carbons (Fsp3) is 0.533. The minimum Gasteiger partial charge on any atom is -0.480 e. The summed E-state index contributed by atoms with van der Waals surface area (Å²) in [5, 5.41) is 22.5. The van der Waals surface area contributed by atoms with Crippen LogP contribution in [0.4, 0.5) is 4.39 Å². The zero-order valence-electron chi connectivity index (χ0n) is 12.0. The van der Waals surface area contributed by atoms with E-state index in [1.807, 2.05) is 20.8 Å². The summed E-state index contributed by atoms with van der Waals surface area (Å²) in [5.74, 6) is -1.40. The number of carboxylic acid groups (broad SMARTS) is 1. The van der Waals surface area contributed by atoms with Gasteiger partial charge >= 0.3 is 5.97 Å². The van der Waals surface area contributed by atoms with Gasteiger partial charge in [-0.25, -0.2) is 4.39 Å². The third kappa shape index (κ3) is 4.28. The lowest BCUT2D eigenvalue weighted by Gasteiger charge is -2.28. The van der Waals surface area contributed by atoms with Gasteiger partial charge in [0.25, 0.3) is 0 Å². The summed E-state index contributed by atoms with van der Waals surface area (Å²) < 4.78 is 12.9. The van der Waals surface area contributed by atoms with E-state index in [-0.39, 0.29) is 11.7 Å². The Morgan fingerprint density at radius 2 is 1.85 bits per heavy atom. The van der Waals surface area contributed by atoms with Crippen molar-refractivity contribution in [1.82, 2.24) is 5.32 Å². The number of carbonyl (C=O) groups is 1. The van der Waals surface area contributed by atoms with Crippen molar-refractivity contribution in [2.45, 2.75) is 45.4 Å². The molecule has 0 aromatic heterocycles. The molecule has 4 nitrogen and oxygen atoms in total. The van der Waals surface area contributed by atoms with Crippen LogP contribution >= 0.6 is 0 Å². The van der Waals surface area contributed by atoms with E-state index in [1.54, 1.807) is 0 Å². The van der Waals surface area contributed by atoms with Crippen LogP contribution in [-0.2, 0) is 4.79 Å². The monoisotopic (exact) mass is 283 g/mol. The minimum atomic E-state index is -0.940. The number of halogens is 1. The third-order valence-corrected chi connectivity index (χ3v) is 3.36. The molecule has 0 saturated heterocycles. The Labute approximate surface area is 118 Å². The highest BCUT2D eigenvalue weighted by atomic mass is 19.1. The van der Waals surface area contributed by atoms with Gasteiger partial charge in [0.2, 0.25) is 0 Å². The lowest BCUT2D eigenvalue weighted by Crippen LogP contribution is -2.48. The lowest BCUT2D eigenvalue weighted by atomic mass is 9.97. The molecule has 0 heterocycles. The Morgan fingerprint density at radius 3 is 2.25 bits per heavy atom. The van der Waals surface area contributed by atoms with Crippen molar-refractivity contribution in [3.05, 3.63) is 35.6 Å². The number of rotatable bonds is 7. The van der Waals surface area contributed by atoms with Crippen molar-refractivity contribution in [3.63, 3.8) is 0 Å². The molecule has 1 rings (SSSR count). The van der Waals surface area contributed by atoms with E-state index in [9.17, 15) is 19.4 Å². The molecular formula is C15H22FNO3. The van der Waals surface area contributed by atoms with E-state index >= 15 is 0 Å². The maximum atomic E-state index is 12.9. The van der Waals surface area contributed by atoms with Crippen LogP contribution in [0.1, 0.15) is 38.9 Å². The average molecular weight is 283 g/mol. The zero-order valence-corrected chi connectivity index (χ0v) is 12.0. The number of aliphatic hydroxyl groups is 1. The number of hydrogen-bond donors (Lipinski definition) is 3. The summed E-state index contributed by atoms with van der Waals surface area (Å²) in [7, 11) is 0. The first kappa shape index (κ1) is 16.6. The number of nitrogens with one attached hydrogen (secondary N) is 1. The van der Waals surface area contributed by atoms with Gasteiger partial charge in [0.1, 0.15) is 11.9 Å². The Kier molecular flexibility index (Phi) is 6.10. The maximum absolute atomic E-state index is 12.9. The van der Waals surface area contributed by atoms with Crippen molar-refractivity contribution in [2.75, 3.05) is 0 Å². The van der Waals surface area contributed by atoms with Crippen molar-refractivity contribution < 1.29 is 19.4 Å². The number of carboxylic acids is 1. The lowest BCUT2D eigenvalue weighted by molar-refractivity contribution is -0.141. The largest absolute Gasteiger partial charge is 0.480 e. The number of aliphatic hydroxyl groups excluding tert-OH is 1. The summed E-state index contributed by atoms with van der Waals surface area (Å²) in [6.07, 6.45) is -0.309. The smallest absolute Gasteiger partial charge is 0.320 e. The molecule has 0 aliphatic carbocycles. The molecule has 0 aliphatic rings. The van der Waals surface area contributed by atoms with Crippen LogP contribution in [0.5, 0.6) is 0 Å². The molecule has 20 heavy (non-hydrogen) atoms. The summed E-state index contributed by atoms with van der Waals surface area (Å²) >= 11 is 0. The Hall–Kier alpha value is -1.46. The van der Waals surface area contributed by atoms with Gasteiger partial charge < -0.3 is 10.2 Å². The zero-order chi connectivity index (χ0) is 15.3. The second-order valence-electron chi connectivity index (χ2n) is 5.24. The molecule has 0 fully saturated rings. The number of aliphatic carboxylic acids is 1. The highest BCUT2D eigenvalue weighted by molar-refractivity contribution is 5.73. The quantitative estimate of drug-likeness (QED) is 0.718. The molecule has 1 aromatic rings. The van der Waals surface area contributed by atoms with Crippen LogP contribution in [0.15, 0.2) is 24.3 Å². The Balaban J connectivity index is 2.84. The fourth-order valence-corrected chi connectivity index (χ4v) is 2.10. The molecular weight excluding hydrogens is 261 g/mol.